The second-order valence-electron chi connectivity index (χ2n) is 5.66. The Bertz CT molecular complexity index is 985. The van der Waals surface area contributed by atoms with Gasteiger partial charge in [-0.05, 0) is 36.5 Å². The van der Waals surface area contributed by atoms with Crippen LogP contribution in [0.2, 0.25) is 0 Å². The summed E-state index contributed by atoms with van der Waals surface area (Å²) in [4.78, 5) is 25.4. The van der Waals surface area contributed by atoms with E-state index in [1.807, 2.05) is 26.0 Å². The van der Waals surface area contributed by atoms with Crippen molar-refractivity contribution in [2.24, 2.45) is 4.36 Å². The van der Waals surface area contributed by atoms with E-state index in [0.29, 0.717) is 41.2 Å². The molecule has 0 spiro atoms. The molecule has 0 saturated heterocycles. The lowest BCUT2D eigenvalue weighted by Crippen LogP contribution is -2.24. The second-order valence-corrected chi connectivity index (χ2v) is 7.97. The molecule has 1 atom stereocenters. The minimum absolute atomic E-state index is 0.0311. The molecule has 24 heavy (non-hydrogen) atoms. The molecule has 7 heteroatoms. The number of aromatic amines is 1. The molecule has 126 valence electrons. The van der Waals surface area contributed by atoms with Crippen LogP contribution >= 0.6 is 0 Å². The smallest absolute Gasteiger partial charge is 0.267 e. The van der Waals surface area contributed by atoms with Gasteiger partial charge in [-0.3, -0.25) is 9.59 Å². The van der Waals surface area contributed by atoms with E-state index in [1.54, 1.807) is 12.1 Å². The topological polar surface area (TPSA) is 92.2 Å². The molecule has 0 radical (unpaired) electrons. The Labute approximate surface area is 140 Å². The lowest BCUT2D eigenvalue weighted by molar-refractivity contribution is 0.100. The third-order valence-electron chi connectivity index (χ3n) is 4.27. The number of H-pyrrole nitrogens is 1. The first-order chi connectivity index (χ1) is 11.5. The largest absolute Gasteiger partial charge is 0.291 e. The highest BCUT2D eigenvalue weighted by molar-refractivity contribution is 7.94. The van der Waals surface area contributed by atoms with Gasteiger partial charge in [0.25, 0.3) is 11.5 Å². The molecule has 1 amide bonds. The first-order valence-corrected chi connectivity index (χ1v) is 9.66. The molecule has 3 rings (SSSR count). The van der Waals surface area contributed by atoms with Crippen molar-refractivity contribution in [1.29, 1.82) is 0 Å². The number of fused-ring (bicyclic) bond motifs is 1. The van der Waals surface area contributed by atoms with E-state index >= 15 is 0 Å². The number of hydrogen-bond donors (Lipinski definition) is 1. The summed E-state index contributed by atoms with van der Waals surface area (Å²) in [7, 11) is -2.82. The Hall–Kier alpha value is -2.28. The van der Waals surface area contributed by atoms with Crippen molar-refractivity contribution < 1.29 is 9.00 Å². The van der Waals surface area contributed by atoms with Gasteiger partial charge in [0.15, 0.2) is 0 Å². The minimum Gasteiger partial charge on any atom is -0.267 e. The highest BCUT2D eigenvalue weighted by atomic mass is 32.2. The van der Waals surface area contributed by atoms with Gasteiger partial charge in [0.2, 0.25) is 0 Å². The van der Waals surface area contributed by atoms with E-state index in [1.165, 1.54) is 0 Å². The van der Waals surface area contributed by atoms with Crippen LogP contribution in [0.1, 0.15) is 41.0 Å². The number of rotatable bonds is 3. The lowest BCUT2D eigenvalue weighted by atomic mass is 10.0. The summed E-state index contributed by atoms with van der Waals surface area (Å²) in [5, 5.41) is 6.35. The number of nitrogens with one attached hydrogen (secondary N) is 1. The van der Waals surface area contributed by atoms with E-state index in [4.69, 9.17) is 0 Å². The van der Waals surface area contributed by atoms with Crippen molar-refractivity contribution in [1.82, 2.24) is 10.2 Å². The summed E-state index contributed by atoms with van der Waals surface area (Å²) in [5.74, 6) is -0.407. The molecule has 6 nitrogen and oxygen atoms in total. The SMILES string of the molecule is CCc1n[nH]c(=O)c(C(=O)N=S2(=O)CCc3ccccc32)c1CC. The molecule has 1 aromatic heterocycles. The zero-order chi connectivity index (χ0) is 17.3. The fraction of sp³-hybridized carbons (Fsp3) is 0.353. The Morgan fingerprint density at radius 1 is 1.29 bits per heavy atom. The zero-order valence-electron chi connectivity index (χ0n) is 13.7. The van der Waals surface area contributed by atoms with Gasteiger partial charge < -0.3 is 0 Å². The van der Waals surface area contributed by atoms with Crippen LogP contribution in [-0.2, 0) is 29.0 Å². The van der Waals surface area contributed by atoms with E-state index in [0.717, 1.165) is 5.56 Å². The van der Waals surface area contributed by atoms with Crippen LogP contribution in [0.4, 0.5) is 0 Å². The van der Waals surface area contributed by atoms with Gasteiger partial charge in [-0.25, -0.2) is 9.31 Å². The number of benzene rings is 1. The van der Waals surface area contributed by atoms with E-state index in [-0.39, 0.29) is 5.56 Å². The van der Waals surface area contributed by atoms with Gasteiger partial charge in [0, 0.05) is 5.75 Å². The van der Waals surface area contributed by atoms with Crippen LogP contribution in [0, 0.1) is 0 Å². The molecule has 2 aromatic rings. The molecule has 2 heterocycles. The second kappa shape index (κ2) is 6.32. The van der Waals surface area contributed by atoms with E-state index in [2.05, 4.69) is 14.6 Å². The summed E-state index contributed by atoms with van der Waals surface area (Å²) < 4.78 is 17.1. The van der Waals surface area contributed by atoms with Crippen LogP contribution in [0.3, 0.4) is 0 Å². The molecule has 0 bridgehead atoms. The van der Waals surface area contributed by atoms with Gasteiger partial charge in [-0.1, -0.05) is 32.0 Å². The predicted octanol–water partition coefficient (Wildman–Crippen LogP) is 2.12. The molecule has 0 saturated carbocycles. The Balaban J connectivity index is 2.16. The first kappa shape index (κ1) is 16.6. The maximum atomic E-state index is 13.1. The van der Waals surface area contributed by atoms with Crippen LogP contribution in [0.25, 0.3) is 0 Å². The number of amides is 1. The molecule has 0 fully saturated rings. The standard InChI is InChI=1S/C17H19N3O3S/c1-3-12-13(4-2)18-19-16(21)15(12)17(22)20-24(23)10-9-11-7-5-6-8-14(11)24/h5-8H,3-4,9-10H2,1-2H3,(H,19,21). The summed E-state index contributed by atoms with van der Waals surface area (Å²) >= 11 is 0. The van der Waals surface area contributed by atoms with Gasteiger partial charge >= 0.3 is 0 Å². The number of aromatic nitrogens is 2. The fourth-order valence-electron chi connectivity index (χ4n) is 3.08. The molecule has 1 N–H and O–H groups in total. The van der Waals surface area contributed by atoms with E-state index in [9.17, 15) is 13.8 Å². The van der Waals surface area contributed by atoms with Crippen molar-refractivity contribution >= 4 is 15.6 Å². The summed E-state index contributed by atoms with van der Waals surface area (Å²) in [6, 6.07) is 7.31. The zero-order valence-corrected chi connectivity index (χ0v) is 14.5. The Morgan fingerprint density at radius 2 is 2.04 bits per heavy atom. The normalized spacial score (nSPS) is 19.1. The Kier molecular flexibility index (Phi) is 4.36. The molecular weight excluding hydrogens is 326 g/mol. The highest BCUT2D eigenvalue weighted by Gasteiger charge is 2.27. The van der Waals surface area contributed by atoms with Crippen molar-refractivity contribution in [3.8, 4) is 0 Å². The third-order valence-corrected chi connectivity index (χ3v) is 6.57. The van der Waals surface area contributed by atoms with Crippen molar-refractivity contribution in [2.45, 2.75) is 38.0 Å². The molecule has 1 unspecified atom stereocenters. The van der Waals surface area contributed by atoms with Gasteiger partial charge in [0.1, 0.15) is 5.56 Å². The maximum absolute atomic E-state index is 13.1. The summed E-state index contributed by atoms with van der Waals surface area (Å²) in [6.45, 7) is 3.76. The van der Waals surface area contributed by atoms with Crippen molar-refractivity contribution in [3.05, 3.63) is 57.0 Å². The number of nitrogens with zero attached hydrogens (tertiary/aromatic N) is 2. The number of aryl methyl sites for hydroxylation is 2. The summed E-state index contributed by atoms with van der Waals surface area (Å²) in [6.07, 6.45) is 1.71. The lowest BCUT2D eigenvalue weighted by Gasteiger charge is -2.08. The monoisotopic (exact) mass is 345 g/mol. The average Bonchev–Trinajstić information content (AvgIpc) is 2.91. The van der Waals surface area contributed by atoms with E-state index < -0.39 is 21.2 Å². The van der Waals surface area contributed by atoms with Crippen molar-refractivity contribution in [3.63, 3.8) is 0 Å². The minimum atomic E-state index is -2.82. The van der Waals surface area contributed by atoms with Crippen molar-refractivity contribution in [2.75, 3.05) is 5.75 Å². The highest BCUT2D eigenvalue weighted by Crippen LogP contribution is 2.28. The third kappa shape index (κ3) is 2.69. The number of carbonyl (C=O) groups excluding carboxylic acids is 1. The number of carbonyl (C=O) groups is 1. The molecule has 1 aliphatic heterocycles. The Morgan fingerprint density at radius 3 is 2.75 bits per heavy atom. The predicted molar refractivity (Wildman–Crippen MR) is 91.8 cm³/mol. The van der Waals surface area contributed by atoms with Crippen LogP contribution in [0.5, 0.6) is 0 Å². The van der Waals surface area contributed by atoms with Gasteiger partial charge in [-0.15, -0.1) is 0 Å². The molecule has 1 aromatic carbocycles. The van der Waals surface area contributed by atoms with Crippen LogP contribution in [-0.4, -0.2) is 26.1 Å². The van der Waals surface area contributed by atoms with Gasteiger partial charge in [-0.2, -0.15) is 9.46 Å². The first-order valence-electron chi connectivity index (χ1n) is 7.97. The molecular formula is C17H19N3O3S. The summed E-state index contributed by atoms with van der Waals surface area (Å²) in [5.41, 5.74) is 1.60. The number of hydrogen-bond acceptors (Lipinski definition) is 4. The fourth-order valence-corrected chi connectivity index (χ4v) is 5.21. The van der Waals surface area contributed by atoms with Crippen LogP contribution in [0.15, 0.2) is 38.3 Å². The van der Waals surface area contributed by atoms with Crippen LogP contribution < -0.4 is 5.56 Å². The average molecular weight is 345 g/mol. The quantitative estimate of drug-likeness (QED) is 0.922. The molecule has 0 aliphatic carbocycles. The van der Waals surface area contributed by atoms with Gasteiger partial charge in [0.05, 0.1) is 20.3 Å². The molecule has 1 aliphatic rings. The maximum Gasteiger partial charge on any atom is 0.291 e.